The lowest BCUT2D eigenvalue weighted by atomic mass is 10.4. The maximum atomic E-state index is 5.29. The van der Waals surface area contributed by atoms with Crippen molar-refractivity contribution >= 4 is 15.9 Å². The zero-order valence-electron chi connectivity index (χ0n) is 7.48. The Morgan fingerprint density at radius 1 is 1.36 bits per heavy atom. The van der Waals surface area contributed by atoms with Gasteiger partial charge in [0.2, 0.25) is 0 Å². The maximum Gasteiger partial charge on any atom is 0.321 e. The molecular weight excluding hydrogens is 244 g/mol. The molecule has 0 saturated carbocycles. The predicted octanol–water partition coefficient (Wildman–Crippen LogP) is 2.87. The monoisotopic (exact) mass is 252 g/mol. The zero-order chi connectivity index (χ0) is 10.4. The number of hydrogen-bond acceptors (Lipinski definition) is 3. The normalized spacial score (nSPS) is 10.8. The summed E-state index contributed by atoms with van der Waals surface area (Å²) in [5, 5.41) is 0. The largest absolute Gasteiger partial charge is 0.424 e. The van der Waals surface area contributed by atoms with E-state index in [0.29, 0.717) is 5.76 Å². The van der Waals surface area contributed by atoms with Crippen LogP contribution in [0.3, 0.4) is 0 Å². The number of hydrogen-bond donors (Lipinski definition) is 0. The SMILES string of the molecule is C=C/C=C(\C=C)Oc1ncc(Br)cn1. The maximum absolute atomic E-state index is 5.29. The second-order valence-electron chi connectivity index (χ2n) is 2.29. The van der Waals surface area contributed by atoms with E-state index in [2.05, 4.69) is 39.1 Å². The average Bonchev–Trinajstić information content (AvgIpc) is 2.20. The molecule has 1 aromatic heterocycles. The van der Waals surface area contributed by atoms with Crippen molar-refractivity contribution in [1.82, 2.24) is 9.97 Å². The van der Waals surface area contributed by atoms with Crippen LogP contribution in [-0.4, -0.2) is 9.97 Å². The van der Waals surface area contributed by atoms with Crippen molar-refractivity contribution in [3.63, 3.8) is 0 Å². The molecule has 0 aliphatic rings. The second-order valence-corrected chi connectivity index (χ2v) is 3.21. The van der Waals surface area contributed by atoms with Crippen LogP contribution < -0.4 is 4.74 Å². The molecule has 0 fully saturated rings. The minimum Gasteiger partial charge on any atom is -0.424 e. The summed E-state index contributed by atoms with van der Waals surface area (Å²) in [6, 6.07) is 0.279. The molecule has 0 amide bonds. The second kappa shape index (κ2) is 5.34. The van der Waals surface area contributed by atoms with Crippen molar-refractivity contribution in [2.24, 2.45) is 0 Å². The zero-order valence-corrected chi connectivity index (χ0v) is 9.07. The number of nitrogens with zero attached hydrogens (tertiary/aromatic N) is 2. The van der Waals surface area contributed by atoms with E-state index in [0.717, 1.165) is 4.47 Å². The minimum absolute atomic E-state index is 0.279. The topological polar surface area (TPSA) is 35.0 Å². The highest BCUT2D eigenvalue weighted by Gasteiger charge is 1.98. The molecule has 1 aromatic rings. The molecule has 0 aliphatic carbocycles. The lowest BCUT2D eigenvalue weighted by Crippen LogP contribution is -1.96. The highest BCUT2D eigenvalue weighted by atomic mass is 79.9. The number of ether oxygens (including phenoxy) is 1. The van der Waals surface area contributed by atoms with Gasteiger partial charge in [-0.05, 0) is 28.1 Å². The summed E-state index contributed by atoms with van der Waals surface area (Å²) in [7, 11) is 0. The molecule has 1 heterocycles. The molecule has 0 radical (unpaired) electrons. The summed E-state index contributed by atoms with van der Waals surface area (Å²) in [5.74, 6) is 0.558. The van der Waals surface area contributed by atoms with Gasteiger partial charge >= 0.3 is 6.01 Å². The Balaban J connectivity index is 2.77. The van der Waals surface area contributed by atoms with Crippen LogP contribution in [0.4, 0.5) is 0 Å². The van der Waals surface area contributed by atoms with Gasteiger partial charge in [-0.15, -0.1) is 0 Å². The number of rotatable bonds is 4. The molecule has 1 rings (SSSR count). The number of halogens is 1. The van der Waals surface area contributed by atoms with Gasteiger partial charge < -0.3 is 4.74 Å². The van der Waals surface area contributed by atoms with Gasteiger partial charge in [0.05, 0.1) is 4.47 Å². The highest BCUT2D eigenvalue weighted by molar-refractivity contribution is 9.10. The van der Waals surface area contributed by atoms with Gasteiger partial charge in [-0.2, -0.15) is 0 Å². The van der Waals surface area contributed by atoms with E-state index >= 15 is 0 Å². The van der Waals surface area contributed by atoms with Crippen LogP contribution in [0.1, 0.15) is 0 Å². The standard InChI is InChI=1S/C10H9BrN2O/c1-3-5-9(4-2)14-10-12-6-8(11)7-13-10/h3-7H,1-2H2/b9-5+. The van der Waals surface area contributed by atoms with Crippen LogP contribution in [0.5, 0.6) is 6.01 Å². The van der Waals surface area contributed by atoms with E-state index in [1.54, 1.807) is 30.6 Å². The summed E-state index contributed by atoms with van der Waals surface area (Å²) in [5.41, 5.74) is 0. The molecule has 0 spiro atoms. The molecule has 0 unspecified atom stereocenters. The van der Waals surface area contributed by atoms with Crippen LogP contribution in [-0.2, 0) is 0 Å². The fourth-order valence-corrected chi connectivity index (χ4v) is 0.923. The molecule has 0 bridgehead atoms. The first-order chi connectivity index (χ1) is 6.76. The van der Waals surface area contributed by atoms with E-state index in [4.69, 9.17) is 4.74 Å². The minimum atomic E-state index is 0.279. The van der Waals surface area contributed by atoms with Gasteiger partial charge in [-0.3, -0.25) is 0 Å². The van der Waals surface area contributed by atoms with Gasteiger partial charge in [0.1, 0.15) is 5.76 Å². The first kappa shape index (κ1) is 10.7. The summed E-state index contributed by atoms with van der Waals surface area (Å²) in [6.07, 6.45) is 8.06. The fourth-order valence-electron chi connectivity index (χ4n) is 0.718. The van der Waals surface area contributed by atoms with Gasteiger partial charge in [0, 0.05) is 12.4 Å². The molecule has 72 valence electrons. The van der Waals surface area contributed by atoms with Crippen molar-refractivity contribution in [2.75, 3.05) is 0 Å². The Morgan fingerprint density at radius 3 is 2.50 bits per heavy atom. The van der Waals surface area contributed by atoms with Crippen LogP contribution in [0.25, 0.3) is 0 Å². The Morgan fingerprint density at radius 2 is 2.00 bits per heavy atom. The molecule has 0 saturated heterocycles. The molecule has 3 nitrogen and oxygen atoms in total. The van der Waals surface area contributed by atoms with Crippen molar-refractivity contribution in [3.8, 4) is 6.01 Å². The molecule has 0 N–H and O–H groups in total. The van der Waals surface area contributed by atoms with Crippen molar-refractivity contribution in [2.45, 2.75) is 0 Å². The van der Waals surface area contributed by atoms with Crippen molar-refractivity contribution in [3.05, 3.63) is 54.0 Å². The van der Waals surface area contributed by atoms with Gasteiger partial charge in [-0.25, -0.2) is 9.97 Å². The predicted molar refractivity (Wildman–Crippen MR) is 58.8 cm³/mol. The Bertz CT molecular complexity index is 357. The average molecular weight is 253 g/mol. The Labute approximate surface area is 91.0 Å². The quantitative estimate of drug-likeness (QED) is 0.611. The van der Waals surface area contributed by atoms with Crippen molar-refractivity contribution in [1.29, 1.82) is 0 Å². The van der Waals surface area contributed by atoms with Gasteiger partial charge in [0.25, 0.3) is 0 Å². The van der Waals surface area contributed by atoms with Gasteiger partial charge in [-0.1, -0.05) is 19.2 Å². The lowest BCUT2D eigenvalue weighted by molar-refractivity contribution is 0.407. The van der Waals surface area contributed by atoms with E-state index in [9.17, 15) is 0 Å². The third-order valence-electron chi connectivity index (χ3n) is 1.29. The van der Waals surface area contributed by atoms with Crippen molar-refractivity contribution < 1.29 is 4.74 Å². The fraction of sp³-hybridized carbons (Fsp3) is 0. The molecule has 0 aliphatic heterocycles. The molecule has 4 heteroatoms. The number of allylic oxidation sites excluding steroid dienone is 3. The third kappa shape index (κ3) is 3.14. The first-order valence-corrected chi connectivity index (χ1v) is 4.66. The summed E-state index contributed by atoms with van der Waals surface area (Å²) >= 11 is 3.23. The van der Waals surface area contributed by atoms with E-state index < -0.39 is 0 Å². The lowest BCUT2D eigenvalue weighted by Gasteiger charge is -2.02. The highest BCUT2D eigenvalue weighted by Crippen LogP contribution is 2.11. The Kier molecular flexibility index (Phi) is 4.07. The van der Waals surface area contributed by atoms with Crippen LogP contribution >= 0.6 is 15.9 Å². The third-order valence-corrected chi connectivity index (χ3v) is 1.70. The van der Waals surface area contributed by atoms with Crippen LogP contribution in [0.15, 0.2) is 54.0 Å². The molecule has 0 aromatic carbocycles. The summed E-state index contributed by atoms with van der Waals surface area (Å²) < 4.78 is 6.09. The summed E-state index contributed by atoms with van der Waals surface area (Å²) in [4.78, 5) is 7.89. The smallest absolute Gasteiger partial charge is 0.321 e. The van der Waals surface area contributed by atoms with Crippen LogP contribution in [0.2, 0.25) is 0 Å². The Hall–Kier alpha value is -1.42. The van der Waals surface area contributed by atoms with E-state index in [-0.39, 0.29) is 6.01 Å². The molecule has 0 atom stereocenters. The van der Waals surface area contributed by atoms with E-state index in [1.165, 1.54) is 0 Å². The molecular formula is C10H9BrN2O. The molecule has 14 heavy (non-hydrogen) atoms. The van der Waals surface area contributed by atoms with E-state index in [1.807, 2.05) is 0 Å². The van der Waals surface area contributed by atoms with Crippen LogP contribution in [0, 0.1) is 0 Å². The first-order valence-electron chi connectivity index (χ1n) is 3.87. The van der Waals surface area contributed by atoms with Gasteiger partial charge in [0.15, 0.2) is 0 Å². The summed E-state index contributed by atoms with van der Waals surface area (Å²) in [6.45, 7) is 7.14. The number of aromatic nitrogens is 2.